The summed E-state index contributed by atoms with van der Waals surface area (Å²) in [7, 11) is 0. The Morgan fingerprint density at radius 3 is 2.60 bits per heavy atom. The maximum atomic E-state index is 10.2. The van der Waals surface area contributed by atoms with Crippen LogP contribution in [0, 0.1) is 29.1 Å². The zero-order valence-corrected chi connectivity index (χ0v) is 18.8. The van der Waals surface area contributed by atoms with Gasteiger partial charge in [0.15, 0.2) is 0 Å². The molecule has 0 aromatic rings. The molecule has 0 heterocycles. The fraction of sp³-hybridized carbons (Fsp3) is 0.704. The van der Waals surface area contributed by atoms with Crippen molar-refractivity contribution in [2.24, 2.45) is 29.1 Å². The van der Waals surface area contributed by atoms with Crippen LogP contribution in [0.4, 0.5) is 0 Å². The molecule has 4 rings (SSSR count). The van der Waals surface area contributed by atoms with Crippen molar-refractivity contribution in [3.05, 3.63) is 47.6 Å². The number of allylic oxidation sites excluding steroid dienone is 4. The van der Waals surface area contributed by atoms with Crippen LogP contribution in [-0.4, -0.2) is 33.6 Å². The van der Waals surface area contributed by atoms with Gasteiger partial charge < -0.3 is 15.3 Å². The maximum Gasteiger partial charge on any atom is 0.0811 e. The first-order valence-corrected chi connectivity index (χ1v) is 12.1. The summed E-state index contributed by atoms with van der Waals surface area (Å²) in [5.74, 6) is 2.28. The first kappa shape index (κ1) is 22.0. The average molecular weight is 413 g/mol. The molecule has 0 aromatic carbocycles. The molecule has 4 aliphatic rings. The summed E-state index contributed by atoms with van der Waals surface area (Å²) in [5, 5.41) is 30.4. The van der Waals surface area contributed by atoms with Crippen LogP contribution in [0.5, 0.6) is 0 Å². The molecule has 0 saturated heterocycles. The van der Waals surface area contributed by atoms with Crippen LogP contribution < -0.4 is 0 Å². The van der Waals surface area contributed by atoms with Crippen molar-refractivity contribution < 1.29 is 15.3 Å². The Balaban J connectivity index is 1.48. The Morgan fingerprint density at radius 1 is 1.10 bits per heavy atom. The highest BCUT2D eigenvalue weighted by Crippen LogP contribution is 2.59. The van der Waals surface area contributed by atoms with Gasteiger partial charge >= 0.3 is 0 Å². The van der Waals surface area contributed by atoms with E-state index in [0.29, 0.717) is 41.9 Å². The first-order chi connectivity index (χ1) is 14.3. The number of aliphatic hydroxyl groups excluding tert-OH is 3. The SMILES string of the molecule is C=C1C(=CC=C2CCC[C@]3(C)[C@@H]([C@H](C)/C=C/[C@@H](O)C4CC4)CC[C@@H]23)C[C@@H](O)C[C@@H]1O. The van der Waals surface area contributed by atoms with E-state index in [1.807, 2.05) is 0 Å². The van der Waals surface area contributed by atoms with Crippen LogP contribution in [0.2, 0.25) is 0 Å². The summed E-state index contributed by atoms with van der Waals surface area (Å²) in [4.78, 5) is 0. The molecule has 0 radical (unpaired) electrons. The highest BCUT2D eigenvalue weighted by Gasteiger charge is 2.50. The van der Waals surface area contributed by atoms with Gasteiger partial charge in [0.2, 0.25) is 0 Å². The van der Waals surface area contributed by atoms with E-state index in [4.69, 9.17) is 0 Å². The van der Waals surface area contributed by atoms with E-state index in [0.717, 1.165) is 17.6 Å². The van der Waals surface area contributed by atoms with Crippen molar-refractivity contribution >= 4 is 0 Å². The van der Waals surface area contributed by atoms with Crippen LogP contribution in [0.1, 0.15) is 71.6 Å². The molecule has 4 aliphatic carbocycles. The van der Waals surface area contributed by atoms with E-state index in [1.165, 1.54) is 44.1 Å². The van der Waals surface area contributed by atoms with Gasteiger partial charge in [-0.05, 0) is 91.6 Å². The van der Waals surface area contributed by atoms with E-state index in [-0.39, 0.29) is 6.10 Å². The highest BCUT2D eigenvalue weighted by molar-refractivity contribution is 5.38. The van der Waals surface area contributed by atoms with Crippen molar-refractivity contribution in [2.75, 3.05) is 0 Å². The Bertz CT molecular complexity index is 743. The second-order valence-corrected chi connectivity index (χ2v) is 10.7. The Morgan fingerprint density at radius 2 is 1.87 bits per heavy atom. The summed E-state index contributed by atoms with van der Waals surface area (Å²) in [6.07, 6.45) is 16.9. The zero-order chi connectivity index (χ0) is 21.5. The minimum Gasteiger partial charge on any atom is -0.393 e. The van der Waals surface area contributed by atoms with Crippen LogP contribution >= 0.6 is 0 Å². The van der Waals surface area contributed by atoms with E-state index in [2.05, 4.69) is 44.7 Å². The molecule has 0 spiro atoms. The van der Waals surface area contributed by atoms with Crippen LogP contribution in [0.25, 0.3) is 0 Å². The maximum absolute atomic E-state index is 10.2. The first-order valence-electron chi connectivity index (χ1n) is 12.1. The lowest BCUT2D eigenvalue weighted by Gasteiger charge is -2.44. The van der Waals surface area contributed by atoms with Crippen LogP contribution in [0.3, 0.4) is 0 Å². The lowest BCUT2D eigenvalue weighted by atomic mass is 9.61. The molecule has 3 heteroatoms. The minimum atomic E-state index is -0.621. The van der Waals surface area contributed by atoms with Crippen molar-refractivity contribution in [3.63, 3.8) is 0 Å². The third-order valence-corrected chi connectivity index (χ3v) is 8.65. The number of fused-ring (bicyclic) bond motifs is 1. The molecule has 4 saturated carbocycles. The lowest BCUT2D eigenvalue weighted by molar-refractivity contribution is 0.0862. The molecule has 3 N–H and O–H groups in total. The number of aliphatic hydroxyl groups is 3. The van der Waals surface area contributed by atoms with E-state index >= 15 is 0 Å². The monoisotopic (exact) mass is 412 g/mol. The van der Waals surface area contributed by atoms with Crippen molar-refractivity contribution in [3.8, 4) is 0 Å². The normalized spacial score (nSPS) is 42.1. The molecule has 3 nitrogen and oxygen atoms in total. The zero-order valence-electron chi connectivity index (χ0n) is 18.8. The van der Waals surface area contributed by atoms with E-state index < -0.39 is 12.2 Å². The summed E-state index contributed by atoms with van der Waals surface area (Å²) in [6.45, 7) is 8.88. The molecule has 0 amide bonds. The molecular formula is C27H40O3. The summed E-state index contributed by atoms with van der Waals surface area (Å²) >= 11 is 0. The molecule has 7 atom stereocenters. The average Bonchev–Trinajstić information content (AvgIpc) is 3.49. The van der Waals surface area contributed by atoms with Gasteiger partial charge in [0.25, 0.3) is 0 Å². The Hall–Kier alpha value is -1.16. The smallest absolute Gasteiger partial charge is 0.0811 e. The third-order valence-electron chi connectivity index (χ3n) is 8.65. The number of hydrogen-bond acceptors (Lipinski definition) is 3. The van der Waals surface area contributed by atoms with Crippen molar-refractivity contribution in [2.45, 2.75) is 89.9 Å². The van der Waals surface area contributed by atoms with Gasteiger partial charge in [-0.25, -0.2) is 0 Å². The highest BCUT2D eigenvalue weighted by atomic mass is 16.3. The molecule has 0 aliphatic heterocycles. The largest absolute Gasteiger partial charge is 0.393 e. The van der Waals surface area contributed by atoms with Crippen molar-refractivity contribution in [1.29, 1.82) is 0 Å². The van der Waals surface area contributed by atoms with E-state index in [9.17, 15) is 15.3 Å². The van der Waals surface area contributed by atoms with Gasteiger partial charge in [0.05, 0.1) is 18.3 Å². The lowest BCUT2D eigenvalue weighted by Crippen LogP contribution is -2.35. The fourth-order valence-corrected chi connectivity index (χ4v) is 6.63. The second-order valence-electron chi connectivity index (χ2n) is 10.7. The summed E-state index contributed by atoms with van der Waals surface area (Å²) in [5.41, 5.74) is 3.63. The molecule has 0 bridgehead atoms. The van der Waals surface area contributed by atoms with Gasteiger partial charge in [0.1, 0.15) is 0 Å². The fourth-order valence-electron chi connectivity index (χ4n) is 6.63. The standard InChI is InChI=1S/C27H40O3/c1-17(6-13-25(29)20-8-9-20)23-11-12-24-19(5-4-14-27(23,24)3)7-10-21-15-22(28)16-26(30)18(21)2/h6-7,10,13,17,20,22-26,28-30H,2,4-5,8-9,11-12,14-16H2,1,3H3/b13-6+,19-7?,21-10?/t17-,22-,23-,24+,25-,26+,27-/m1/s1. The number of rotatable bonds is 5. The van der Waals surface area contributed by atoms with Gasteiger partial charge in [0, 0.05) is 6.42 Å². The minimum absolute atomic E-state index is 0.250. The van der Waals surface area contributed by atoms with Crippen LogP contribution in [0.15, 0.2) is 47.6 Å². The Kier molecular flexibility index (Phi) is 6.44. The van der Waals surface area contributed by atoms with Crippen LogP contribution in [-0.2, 0) is 0 Å². The van der Waals surface area contributed by atoms with Crippen molar-refractivity contribution in [1.82, 2.24) is 0 Å². The van der Waals surface area contributed by atoms with E-state index in [1.54, 1.807) is 0 Å². The Labute approximate surface area is 182 Å². The topological polar surface area (TPSA) is 60.7 Å². The summed E-state index contributed by atoms with van der Waals surface area (Å²) < 4.78 is 0. The second kappa shape index (κ2) is 8.76. The molecule has 0 unspecified atom stereocenters. The molecule has 30 heavy (non-hydrogen) atoms. The quantitative estimate of drug-likeness (QED) is 0.551. The summed E-state index contributed by atoms with van der Waals surface area (Å²) in [6, 6.07) is 0. The number of hydrogen-bond donors (Lipinski definition) is 3. The van der Waals surface area contributed by atoms with Gasteiger partial charge in [-0.15, -0.1) is 0 Å². The third kappa shape index (κ3) is 4.40. The molecule has 166 valence electrons. The van der Waals surface area contributed by atoms with Gasteiger partial charge in [-0.3, -0.25) is 0 Å². The van der Waals surface area contributed by atoms with Gasteiger partial charge in [-0.1, -0.05) is 50.3 Å². The predicted octanol–water partition coefficient (Wildman–Crippen LogP) is 5.09. The predicted molar refractivity (Wildman–Crippen MR) is 122 cm³/mol. The molecule has 4 fully saturated rings. The molecule has 0 aromatic heterocycles. The van der Waals surface area contributed by atoms with Gasteiger partial charge in [-0.2, -0.15) is 0 Å². The molecular weight excluding hydrogens is 372 g/mol.